The zero-order valence-corrected chi connectivity index (χ0v) is 14.5. The highest BCUT2D eigenvalue weighted by molar-refractivity contribution is 5.60. The molecule has 0 saturated carbocycles. The highest BCUT2D eigenvalue weighted by atomic mass is 15.2. The molecule has 5 heteroatoms. The van der Waals surface area contributed by atoms with E-state index in [1.54, 1.807) is 0 Å². The number of rotatable bonds is 5. The van der Waals surface area contributed by atoms with Gasteiger partial charge in [-0.3, -0.25) is 0 Å². The van der Waals surface area contributed by atoms with Gasteiger partial charge in [0.15, 0.2) is 0 Å². The molecule has 1 aromatic carbocycles. The normalized spacial score (nSPS) is 16.4. The number of aromatic nitrogens is 2. The van der Waals surface area contributed by atoms with Crippen molar-refractivity contribution in [1.29, 1.82) is 5.26 Å². The zero-order chi connectivity index (χ0) is 16.9. The van der Waals surface area contributed by atoms with Gasteiger partial charge in [-0.05, 0) is 52.2 Å². The predicted molar refractivity (Wildman–Crippen MR) is 95.7 cm³/mol. The van der Waals surface area contributed by atoms with Crippen molar-refractivity contribution in [3.63, 3.8) is 0 Å². The molecule has 5 nitrogen and oxygen atoms in total. The summed E-state index contributed by atoms with van der Waals surface area (Å²) in [5.41, 5.74) is 2.70. The Balaban J connectivity index is 1.61. The maximum absolute atomic E-state index is 9.04. The summed E-state index contributed by atoms with van der Waals surface area (Å²) < 4.78 is 0. The van der Waals surface area contributed by atoms with Gasteiger partial charge in [0, 0.05) is 24.6 Å². The van der Waals surface area contributed by atoms with E-state index >= 15 is 0 Å². The van der Waals surface area contributed by atoms with Crippen LogP contribution >= 0.6 is 0 Å². The van der Waals surface area contributed by atoms with Gasteiger partial charge in [-0.15, -0.1) is 0 Å². The molecule has 1 saturated heterocycles. The fourth-order valence-corrected chi connectivity index (χ4v) is 3.22. The van der Waals surface area contributed by atoms with Gasteiger partial charge in [0.2, 0.25) is 0 Å². The second-order valence-corrected chi connectivity index (χ2v) is 6.79. The van der Waals surface area contributed by atoms with Gasteiger partial charge < -0.3 is 14.8 Å². The number of nitriles is 1. The van der Waals surface area contributed by atoms with Gasteiger partial charge in [0.25, 0.3) is 0 Å². The van der Waals surface area contributed by atoms with Crippen LogP contribution in [-0.2, 0) is 0 Å². The number of imidazole rings is 1. The van der Waals surface area contributed by atoms with E-state index < -0.39 is 0 Å². The molecule has 0 amide bonds. The topological polar surface area (TPSA) is 58.9 Å². The zero-order valence-electron chi connectivity index (χ0n) is 14.5. The summed E-state index contributed by atoms with van der Waals surface area (Å²) in [7, 11) is 4.25. The molecule has 1 fully saturated rings. The Labute approximate surface area is 143 Å². The lowest BCUT2D eigenvalue weighted by molar-refractivity contribution is 0.191. The molecule has 0 aliphatic carbocycles. The second-order valence-electron chi connectivity index (χ2n) is 6.79. The van der Waals surface area contributed by atoms with E-state index in [0.29, 0.717) is 11.5 Å². The number of hydrogen-bond donors (Lipinski definition) is 1. The molecule has 3 rings (SSSR count). The maximum atomic E-state index is 9.04. The number of aromatic amines is 1. The average Bonchev–Trinajstić information content (AvgIpc) is 3.10. The lowest BCUT2D eigenvalue weighted by atomic mass is 9.96. The minimum Gasteiger partial charge on any atom is -0.342 e. The van der Waals surface area contributed by atoms with Crippen LogP contribution in [0.25, 0.3) is 11.3 Å². The molecule has 1 aliphatic heterocycles. The van der Waals surface area contributed by atoms with E-state index in [2.05, 4.69) is 39.9 Å². The first kappa shape index (κ1) is 16.7. The number of nitrogens with zero attached hydrogens (tertiary/aromatic N) is 4. The summed E-state index contributed by atoms with van der Waals surface area (Å²) in [6, 6.07) is 9.85. The first-order chi connectivity index (χ1) is 11.7. The van der Waals surface area contributed by atoms with Gasteiger partial charge in [0.05, 0.1) is 23.5 Å². The van der Waals surface area contributed by atoms with E-state index in [-0.39, 0.29) is 0 Å². The van der Waals surface area contributed by atoms with E-state index in [4.69, 9.17) is 5.26 Å². The number of H-pyrrole nitrogens is 1. The van der Waals surface area contributed by atoms with Crippen LogP contribution < -0.4 is 0 Å². The van der Waals surface area contributed by atoms with Crippen LogP contribution in [0, 0.1) is 11.3 Å². The van der Waals surface area contributed by atoms with Gasteiger partial charge in [0.1, 0.15) is 5.82 Å². The molecule has 1 aromatic heterocycles. The number of benzene rings is 1. The number of likely N-dealkylation sites (N-methyl/N-ethyl adjacent to an activating group) is 1. The first-order valence-corrected chi connectivity index (χ1v) is 8.58. The van der Waals surface area contributed by atoms with Crippen molar-refractivity contribution in [2.75, 3.05) is 40.3 Å². The summed E-state index contributed by atoms with van der Waals surface area (Å²) in [6.07, 6.45) is 4.20. The molecule has 126 valence electrons. The number of nitrogens with one attached hydrogen (secondary N) is 1. The van der Waals surface area contributed by atoms with Crippen LogP contribution in [0.15, 0.2) is 30.5 Å². The minimum absolute atomic E-state index is 0.508. The quantitative estimate of drug-likeness (QED) is 0.919. The Hall–Kier alpha value is -2.16. The standard InChI is InChI=1S/C19H25N5/c1-23(2)10-11-24-8-6-16(7-9-24)19-21-14-18(22-19)17-5-3-4-15(12-17)13-20/h3-5,12,14,16H,6-11H2,1-2H3,(H,21,22). The van der Waals surface area contributed by atoms with Crippen LogP contribution in [0.2, 0.25) is 0 Å². The molecular formula is C19H25N5. The van der Waals surface area contributed by atoms with Crippen molar-refractivity contribution in [2.45, 2.75) is 18.8 Å². The van der Waals surface area contributed by atoms with E-state index in [0.717, 1.165) is 56.1 Å². The molecule has 2 aromatic rings. The molecule has 0 radical (unpaired) electrons. The second kappa shape index (κ2) is 7.61. The molecule has 0 unspecified atom stereocenters. The summed E-state index contributed by atoms with van der Waals surface area (Å²) in [6.45, 7) is 4.53. The minimum atomic E-state index is 0.508. The highest BCUT2D eigenvalue weighted by Crippen LogP contribution is 2.28. The molecule has 1 N–H and O–H groups in total. The fraction of sp³-hybridized carbons (Fsp3) is 0.474. The highest BCUT2D eigenvalue weighted by Gasteiger charge is 2.22. The maximum Gasteiger partial charge on any atom is 0.109 e. The van der Waals surface area contributed by atoms with E-state index in [9.17, 15) is 0 Å². The van der Waals surface area contributed by atoms with E-state index in [1.807, 2.05) is 30.5 Å². The van der Waals surface area contributed by atoms with Crippen LogP contribution in [0.1, 0.15) is 30.1 Å². The largest absolute Gasteiger partial charge is 0.342 e. The third-order valence-corrected chi connectivity index (χ3v) is 4.74. The molecule has 0 spiro atoms. The molecular weight excluding hydrogens is 298 g/mol. The van der Waals surface area contributed by atoms with Gasteiger partial charge in [-0.25, -0.2) is 4.98 Å². The Kier molecular flexibility index (Phi) is 5.29. The Morgan fingerprint density at radius 2 is 2.12 bits per heavy atom. The van der Waals surface area contributed by atoms with Crippen molar-refractivity contribution < 1.29 is 0 Å². The molecule has 0 bridgehead atoms. The Morgan fingerprint density at radius 3 is 2.83 bits per heavy atom. The summed E-state index contributed by atoms with van der Waals surface area (Å²) in [5.74, 6) is 1.59. The average molecular weight is 323 g/mol. The summed E-state index contributed by atoms with van der Waals surface area (Å²) >= 11 is 0. The number of likely N-dealkylation sites (tertiary alicyclic amines) is 1. The third kappa shape index (κ3) is 4.02. The van der Waals surface area contributed by atoms with Crippen molar-refractivity contribution >= 4 is 0 Å². The summed E-state index contributed by atoms with van der Waals surface area (Å²) in [5, 5.41) is 9.04. The fourth-order valence-electron chi connectivity index (χ4n) is 3.22. The molecule has 1 aliphatic rings. The molecule has 2 heterocycles. The van der Waals surface area contributed by atoms with Crippen LogP contribution in [0.4, 0.5) is 0 Å². The monoisotopic (exact) mass is 323 g/mol. The Morgan fingerprint density at radius 1 is 1.33 bits per heavy atom. The van der Waals surface area contributed by atoms with Crippen LogP contribution in [-0.4, -0.2) is 60.0 Å². The predicted octanol–water partition coefficient (Wildman–Crippen LogP) is 2.69. The smallest absolute Gasteiger partial charge is 0.109 e. The lowest BCUT2D eigenvalue weighted by Crippen LogP contribution is -2.37. The molecule has 0 atom stereocenters. The third-order valence-electron chi connectivity index (χ3n) is 4.74. The Bertz CT molecular complexity index is 705. The van der Waals surface area contributed by atoms with E-state index in [1.165, 1.54) is 0 Å². The van der Waals surface area contributed by atoms with Crippen LogP contribution in [0.5, 0.6) is 0 Å². The van der Waals surface area contributed by atoms with Gasteiger partial charge in [-0.2, -0.15) is 5.26 Å². The SMILES string of the molecule is CN(C)CCN1CCC(c2ncc(-c3cccc(C#N)c3)[nH]2)CC1. The van der Waals surface area contributed by atoms with Crippen LogP contribution in [0.3, 0.4) is 0 Å². The van der Waals surface area contributed by atoms with Gasteiger partial charge in [-0.1, -0.05) is 12.1 Å². The summed E-state index contributed by atoms with van der Waals surface area (Å²) in [4.78, 5) is 12.8. The first-order valence-electron chi connectivity index (χ1n) is 8.58. The van der Waals surface area contributed by atoms with Crippen molar-refractivity contribution in [2.24, 2.45) is 0 Å². The van der Waals surface area contributed by atoms with Crippen molar-refractivity contribution in [1.82, 2.24) is 19.8 Å². The van der Waals surface area contributed by atoms with Crippen molar-refractivity contribution in [3.05, 3.63) is 41.9 Å². The lowest BCUT2D eigenvalue weighted by Gasteiger charge is -2.31. The van der Waals surface area contributed by atoms with Gasteiger partial charge >= 0.3 is 0 Å². The number of hydrogen-bond acceptors (Lipinski definition) is 4. The number of piperidine rings is 1. The molecule has 24 heavy (non-hydrogen) atoms. The van der Waals surface area contributed by atoms with Crippen molar-refractivity contribution in [3.8, 4) is 17.3 Å².